The first kappa shape index (κ1) is 16.9. The Hall–Kier alpha value is -0.0800. The SMILES string of the molecule is COCC[C@H](CCCCN(C)C)CC(C)(C)C. The maximum atomic E-state index is 5.22. The predicted octanol–water partition coefficient (Wildman–Crippen LogP) is 3.81. The molecule has 1 atom stereocenters. The topological polar surface area (TPSA) is 12.5 Å². The molecule has 0 amide bonds. The lowest BCUT2D eigenvalue weighted by atomic mass is 9.81. The fraction of sp³-hybridized carbons (Fsp3) is 1.00. The third-order valence-corrected chi connectivity index (χ3v) is 3.10. The minimum absolute atomic E-state index is 0.444. The number of ether oxygens (including phenoxy) is 1. The summed E-state index contributed by atoms with van der Waals surface area (Å²) in [7, 11) is 6.11. The molecule has 0 aromatic carbocycles. The van der Waals surface area contributed by atoms with Crippen LogP contribution in [0.4, 0.5) is 0 Å². The fourth-order valence-electron chi connectivity index (χ4n) is 2.36. The molecule has 0 spiro atoms. The van der Waals surface area contributed by atoms with E-state index in [0.29, 0.717) is 5.41 Å². The standard InChI is InChI=1S/C15H33NO/c1-15(2,3)13-14(10-12-17-6)9-7-8-11-16(4)5/h14H,7-13H2,1-6H3/t14-/m0/s1. The Labute approximate surface area is 109 Å². The Morgan fingerprint density at radius 3 is 2.18 bits per heavy atom. The second-order valence-corrected chi connectivity index (χ2v) is 6.71. The van der Waals surface area contributed by atoms with E-state index in [0.717, 1.165) is 12.5 Å². The van der Waals surface area contributed by atoms with Gasteiger partial charge in [-0.3, -0.25) is 0 Å². The van der Waals surface area contributed by atoms with Gasteiger partial charge in [-0.25, -0.2) is 0 Å². The Morgan fingerprint density at radius 1 is 1.06 bits per heavy atom. The third kappa shape index (κ3) is 12.2. The highest BCUT2D eigenvalue weighted by molar-refractivity contribution is 4.69. The largest absolute Gasteiger partial charge is 0.385 e. The van der Waals surface area contributed by atoms with Gasteiger partial charge < -0.3 is 9.64 Å². The molecule has 0 saturated carbocycles. The van der Waals surface area contributed by atoms with E-state index in [9.17, 15) is 0 Å². The van der Waals surface area contributed by atoms with Gasteiger partial charge in [0, 0.05) is 13.7 Å². The average Bonchev–Trinajstić information content (AvgIpc) is 2.18. The van der Waals surface area contributed by atoms with E-state index in [2.05, 4.69) is 39.8 Å². The van der Waals surface area contributed by atoms with E-state index in [4.69, 9.17) is 4.74 Å². The molecule has 0 aliphatic carbocycles. The maximum Gasteiger partial charge on any atom is 0.0464 e. The summed E-state index contributed by atoms with van der Waals surface area (Å²) in [6.07, 6.45) is 6.56. The second-order valence-electron chi connectivity index (χ2n) is 6.71. The van der Waals surface area contributed by atoms with E-state index < -0.39 is 0 Å². The van der Waals surface area contributed by atoms with E-state index in [1.807, 2.05) is 0 Å². The van der Waals surface area contributed by atoms with Crippen LogP contribution in [-0.4, -0.2) is 39.3 Å². The molecular weight excluding hydrogens is 210 g/mol. The first-order valence-corrected chi connectivity index (χ1v) is 6.99. The Kier molecular flexibility index (Phi) is 8.89. The van der Waals surface area contributed by atoms with Crippen LogP contribution in [0.25, 0.3) is 0 Å². The molecule has 0 aromatic heterocycles. The van der Waals surface area contributed by atoms with Crippen molar-refractivity contribution in [1.29, 1.82) is 0 Å². The monoisotopic (exact) mass is 243 g/mol. The molecule has 104 valence electrons. The molecule has 0 unspecified atom stereocenters. The number of unbranched alkanes of at least 4 members (excludes halogenated alkanes) is 1. The van der Waals surface area contributed by atoms with E-state index in [-0.39, 0.29) is 0 Å². The van der Waals surface area contributed by atoms with Crippen LogP contribution in [0, 0.1) is 11.3 Å². The first-order chi connectivity index (χ1) is 7.85. The van der Waals surface area contributed by atoms with E-state index >= 15 is 0 Å². The van der Waals surface area contributed by atoms with Gasteiger partial charge in [0.2, 0.25) is 0 Å². The molecule has 0 heterocycles. The Bertz CT molecular complexity index is 172. The van der Waals surface area contributed by atoms with Crippen LogP contribution in [-0.2, 0) is 4.74 Å². The van der Waals surface area contributed by atoms with Gasteiger partial charge >= 0.3 is 0 Å². The molecule has 0 fully saturated rings. The minimum Gasteiger partial charge on any atom is -0.385 e. The zero-order chi connectivity index (χ0) is 13.3. The molecule has 0 radical (unpaired) electrons. The van der Waals surface area contributed by atoms with Crippen LogP contribution in [0.15, 0.2) is 0 Å². The van der Waals surface area contributed by atoms with Crippen molar-refractivity contribution in [3.8, 4) is 0 Å². The highest BCUT2D eigenvalue weighted by Crippen LogP contribution is 2.29. The first-order valence-electron chi connectivity index (χ1n) is 6.99. The van der Waals surface area contributed by atoms with Gasteiger partial charge in [-0.2, -0.15) is 0 Å². The van der Waals surface area contributed by atoms with Gasteiger partial charge in [0.25, 0.3) is 0 Å². The average molecular weight is 243 g/mol. The molecule has 2 nitrogen and oxygen atoms in total. The quantitative estimate of drug-likeness (QED) is 0.571. The third-order valence-electron chi connectivity index (χ3n) is 3.10. The summed E-state index contributed by atoms with van der Waals surface area (Å²) in [6.45, 7) is 9.15. The van der Waals surface area contributed by atoms with Crippen molar-refractivity contribution in [3.63, 3.8) is 0 Å². The molecule has 0 bridgehead atoms. The summed E-state index contributed by atoms with van der Waals surface area (Å²) < 4.78 is 5.22. The van der Waals surface area contributed by atoms with Crippen LogP contribution in [0.3, 0.4) is 0 Å². The van der Waals surface area contributed by atoms with Crippen molar-refractivity contribution in [2.75, 3.05) is 34.4 Å². The zero-order valence-electron chi connectivity index (χ0n) is 12.9. The van der Waals surface area contributed by atoms with Gasteiger partial charge in [-0.05, 0) is 51.2 Å². The Balaban J connectivity index is 3.85. The second kappa shape index (κ2) is 8.93. The molecule has 0 aliphatic rings. The van der Waals surface area contributed by atoms with Gasteiger partial charge in [-0.1, -0.05) is 33.6 Å². The van der Waals surface area contributed by atoms with Crippen LogP contribution in [0.5, 0.6) is 0 Å². The van der Waals surface area contributed by atoms with Gasteiger partial charge in [-0.15, -0.1) is 0 Å². The summed E-state index contributed by atoms with van der Waals surface area (Å²) in [4.78, 5) is 2.27. The number of rotatable bonds is 9. The molecule has 0 rings (SSSR count). The van der Waals surface area contributed by atoms with E-state index in [1.165, 1.54) is 38.6 Å². The lowest BCUT2D eigenvalue weighted by Crippen LogP contribution is -2.16. The van der Waals surface area contributed by atoms with Crippen molar-refractivity contribution in [2.24, 2.45) is 11.3 Å². The number of hydrogen-bond acceptors (Lipinski definition) is 2. The highest BCUT2D eigenvalue weighted by Gasteiger charge is 2.18. The lowest BCUT2D eigenvalue weighted by Gasteiger charge is -2.26. The van der Waals surface area contributed by atoms with Crippen molar-refractivity contribution in [2.45, 2.75) is 52.9 Å². The molecule has 0 N–H and O–H groups in total. The summed E-state index contributed by atoms with van der Waals surface area (Å²) in [5.74, 6) is 0.831. The van der Waals surface area contributed by atoms with Crippen molar-refractivity contribution in [1.82, 2.24) is 4.90 Å². The normalized spacial score (nSPS) is 14.3. The zero-order valence-corrected chi connectivity index (χ0v) is 12.9. The minimum atomic E-state index is 0.444. The number of hydrogen-bond donors (Lipinski definition) is 0. The molecule has 0 aromatic rings. The van der Waals surface area contributed by atoms with Gasteiger partial charge in [0.05, 0.1) is 0 Å². The van der Waals surface area contributed by atoms with E-state index in [1.54, 1.807) is 7.11 Å². The molecule has 0 aliphatic heterocycles. The molecule has 0 saturated heterocycles. The molecule has 17 heavy (non-hydrogen) atoms. The number of methoxy groups -OCH3 is 1. The highest BCUT2D eigenvalue weighted by atomic mass is 16.5. The fourth-order valence-corrected chi connectivity index (χ4v) is 2.36. The summed E-state index contributed by atoms with van der Waals surface area (Å²) in [5, 5.41) is 0. The maximum absolute atomic E-state index is 5.22. The van der Waals surface area contributed by atoms with Crippen LogP contribution < -0.4 is 0 Å². The van der Waals surface area contributed by atoms with Crippen molar-refractivity contribution < 1.29 is 4.74 Å². The van der Waals surface area contributed by atoms with Gasteiger partial charge in [0.15, 0.2) is 0 Å². The summed E-state index contributed by atoms with van der Waals surface area (Å²) in [6, 6.07) is 0. The van der Waals surface area contributed by atoms with Crippen LogP contribution in [0.2, 0.25) is 0 Å². The van der Waals surface area contributed by atoms with Crippen molar-refractivity contribution >= 4 is 0 Å². The predicted molar refractivity (Wildman–Crippen MR) is 76.5 cm³/mol. The number of nitrogens with zero attached hydrogens (tertiary/aromatic N) is 1. The van der Waals surface area contributed by atoms with Crippen LogP contribution >= 0.6 is 0 Å². The summed E-state index contributed by atoms with van der Waals surface area (Å²) >= 11 is 0. The smallest absolute Gasteiger partial charge is 0.0464 e. The van der Waals surface area contributed by atoms with Crippen LogP contribution in [0.1, 0.15) is 52.9 Å². The lowest BCUT2D eigenvalue weighted by molar-refractivity contribution is 0.157. The Morgan fingerprint density at radius 2 is 1.71 bits per heavy atom. The molecular formula is C15H33NO. The summed E-state index contributed by atoms with van der Waals surface area (Å²) in [5.41, 5.74) is 0.444. The van der Waals surface area contributed by atoms with Crippen molar-refractivity contribution in [3.05, 3.63) is 0 Å². The van der Waals surface area contributed by atoms with Gasteiger partial charge in [0.1, 0.15) is 0 Å². The molecule has 2 heteroatoms.